The third kappa shape index (κ3) is 3.40. The monoisotopic (exact) mass is 308 g/mol. The Balaban J connectivity index is 1.78. The standard InChI is InChI=1S/C18H16N2O3/c1-13(18(21)22)23-17-9-7-14(8-10-17)15-11-19-20(12-15)16-5-3-2-4-6-16/h2-13H,1H3,(H,21,22). The molecule has 3 rings (SSSR count). The molecule has 0 radical (unpaired) electrons. The van der Waals surface area contributed by atoms with Gasteiger partial charge in [0.25, 0.3) is 0 Å². The lowest BCUT2D eigenvalue weighted by Crippen LogP contribution is -2.22. The molecule has 0 bridgehead atoms. The van der Waals surface area contributed by atoms with E-state index in [0.717, 1.165) is 16.8 Å². The molecule has 1 N–H and O–H groups in total. The molecule has 0 spiro atoms. The molecule has 1 atom stereocenters. The highest BCUT2D eigenvalue weighted by molar-refractivity contribution is 5.72. The summed E-state index contributed by atoms with van der Waals surface area (Å²) in [5.74, 6) is -0.461. The van der Waals surface area contributed by atoms with E-state index in [2.05, 4.69) is 5.10 Å². The van der Waals surface area contributed by atoms with Crippen molar-refractivity contribution in [1.29, 1.82) is 0 Å². The van der Waals surface area contributed by atoms with Crippen molar-refractivity contribution in [3.63, 3.8) is 0 Å². The molecule has 5 heteroatoms. The van der Waals surface area contributed by atoms with Gasteiger partial charge in [0, 0.05) is 11.8 Å². The van der Waals surface area contributed by atoms with Gasteiger partial charge in [0.1, 0.15) is 5.75 Å². The summed E-state index contributed by atoms with van der Waals surface area (Å²) in [6, 6.07) is 17.2. The van der Waals surface area contributed by atoms with Gasteiger partial charge in [-0.2, -0.15) is 5.10 Å². The molecule has 0 fully saturated rings. The highest BCUT2D eigenvalue weighted by Gasteiger charge is 2.12. The van der Waals surface area contributed by atoms with E-state index in [9.17, 15) is 4.79 Å². The van der Waals surface area contributed by atoms with Gasteiger partial charge in [0.05, 0.1) is 11.9 Å². The van der Waals surface area contributed by atoms with Gasteiger partial charge in [-0.1, -0.05) is 30.3 Å². The lowest BCUT2D eigenvalue weighted by molar-refractivity contribution is -0.144. The molecule has 23 heavy (non-hydrogen) atoms. The molecule has 0 aliphatic heterocycles. The molecule has 116 valence electrons. The molecular formula is C18H16N2O3. The average Bonchev–Trinajstić information content (AvgIpc) is 3.06. The van der Waals surface area contributed by atoms with Crippen LogP contribution < -0.4 is 4.74 Å². The van der Waals surface area contributed by atoms with E-state index in [-0.39, 0.29) is 0 Å². The first-order valence-corrected chi connectivity index (χ1v) is 7.23. The van der Waals surface area contributed by atoms with Crippen LogP contribution in [0.5, 0.6) is 5.75 Å². The van der Waals surface area contributed by atoms with Crippen LogP contribution in [0.3, 0.4) is 0 Å². The van der Waals surface area contributed by atoms with Crippen molar-refractivity contribution in [2.75, 3.05) is 0 Å². The van der Waals surface area contributed by atoms with Crippen LogP contribution in [-0.4, -0.2) is 27.0 Å². The highest BCUT2D eigenvalue weighted by atomic mass is 16.5. The van der Waals surface area contributed by atoms with E-state index < -0.39 is 12.1 Å². The maximum atomic E-state index is 10.8. The summed E-state index contributed by atoms with van der Waals surface area (Å²) in [6.07, 6.45) is 2.87. The summed E-state index contributed by atoms with van der Waals surface area (Å²) in [4.78, 5) is 10.8. The van der Waals surface area contributed by atoms with Gasteiger partial charge in [-0.25, -0.2) is 9.48 Å². The second kappa shape index (κ2) is 6.36. The summed E-state index contributed by atoms with van der Waals surface area (Å²) >= 11 is 0. The second-order valence-corrected chi connectivity index (χ2v) is 5.13. The molecule has 0 saturated carbocycles. The van der Waals surface area contributed by atoms with Crippen molar-refractivity contribution in [3.8, 4) is 22.6 Å². The van der Waals surface area contributed by atoms with Crippen LogP contribution in [0.1, 0.15) is 6.92 Å². The molecule has 5 nitrogen and oxygen atoms in total. The Kier molecular flexibility index (Phi) is 4.10. The van der Waals surface area contributed by atoms with Gasteiger partial charge in [0.2, 0.25) is 0 Å². The maximum Gasteiger partial charge on any atom is 0.344 e. The second-order valence-electron chi connectivity index (χ2n) is 5.13. The quantitative estimate of drug-likeness (QED) is 0.784. The minimum atomic E-state index is -0.988. The Labute approximate surface area is 133 Å². The maximum absolute atomic E-state index is 10.8. The Morgan fingerprint density at radius 1 is 1.09 bits per heavy atom. The van der Waals surface area contributed by atoms with Crippen molar-refractivity contribution < 1.29 is 14.6 Å². The number of carbonyl (C=O) groups is 1. The first kappa shape index (κ1) is 14.8. The topological polar surface area (TPSA) is 64.4 Å². The van der Waals surface area contributed by atoms with Gasteiger partial charge >= 0.3 is 5.97 Å². The number of hydrogen-bond donors (Lipinski definition) is 1. The van der Waals surface area contributed by atoms with Crippen molar-refractivity contribution in [2.24, 2.45) is 0 Å². The zero-order valence-corrected chi connectivity index (χ0v) is 12.6. The number of benzene rings is 2. The van der Waals surface area contributed by atoms with E-state index in [1.807, 2.05) is 53.3 Å². The number of ether oxygens (including phenoxy) is 1. The number of para-hydroxylation sites is 1. The molecule has 2 aromatic carbocycles. The first-order valence-electron chi connectivity index (χ1n) is 7.23. The minimum Gasteiger partial charge on any atom is -0.479 e. The summed E-state index contributed by atoms with van der Waals surface area (Å²) in [5.41, 5.74) is 2.96. The summed E-state index contributed by atoms with van der Waals surface area (Å²) < 4.78 is 7.13. The number of hydrogen-bond acceptors (Lipinski definition) is 3. The van der Waals surface area contributed by atoms with Crippen LogP contribution in [0.25, 0.3) is 16.8 Å². The largest absolute Gasteiger partial charge is 0.479 e. The lowest BCUT2D eigenvalue weighted by Gasteiger charge is -2.10. The number of nitrogens with zero attached hydrogens (tertiary/aromatic N) is 2. The summed E-state index contributed by atoms with van der Waals surface area (Å²) in [6.45, 7) is 1.50. The van der Waals surface area contributed by atoms with Crippen LogP contribution >= 0.6 is 0 Å². The Bertz CT molecular complexity index is 795. The van der Waals surface area contributed by atoms with E-state index in [0.29, 0.717) is 5.75 Å². The summed E-state index contributed by atoms with van der Waals surface area (Å²) in [7, 11) is 0. The first-order chi connectivity index (χ1) is 11.1. The fourth-order valence-corrected chi connectivity index (χ4v) is 2.17. The zero-order valence-electron chi connectivity index (χ0n) is 12.6. The lowest BCUT2D eigenvalue weighted by atomic mass is 10.1. The SMILES string of the molecule is CC(Oc1ccc(-c2cnn(-c3ccccc3)c2)cc1)C(=O)O. The molecule has 1 aromatic heterocycles. The normalized spacial score (nSPS) is 11.9. The zero-order chi connectivity index (χ0) is 16.2. The average molecular weight is 308 g/mol. The highest BCUT2D eigenvalue weighted by Crippen LogP contribution is 2.23. The molecule has 0 aliphatic carbocycles. The van der Waals surface area contributed by atoms with Crippen LogP contribution in [0.2, 0.25) is 0 Å². The number of aromatic nitrogens is 2. The Morgan fingerprint density at radius 2 is 1.78 bits per heavy atom. The Hall–Kier alpha value is -3.08. The van der Waals surface area contributed by atoms with Crippen LogP contribution in [-0.2, 0) is 4.79 Å². The van der Waals surface area contributed by atoms with E-state index in [4.69, 9.17) is 9.84 Å². The van der Waals surface area contributed by atoms with Crippen LogP contribution in [0, 0.1) is 0 Å². The fourth-order valence-electron chi connectivity index (χ4n) is 2.17. The molecule has 1 heterocycles. The molecule has 3 aromatic rings. The smallest absolute Gasteiger partial charge is 0.344 e. The number of carboxylic acid groups (broad SMARTS) is 1. The Morgan fingerprint density at radius 3 is 2.43 bits per heavy atom. The predicted octanol–water partition coefficient (Wildman–Crippen LogP) is 3.39. The van der Waals surface area contributed by atoms with Gasteiger partial charge in [0.15, 0.2) is 6.10 Å². The third-order valence-corrected chi connectivity index (χ3v) is 3.45. The molecule has 0 amide bonds. The summed E-state index contributed by atoms with van der Waals surface area (Å²) in [5, 5.41) is 13.2. The third-order valence-electron chi connectivity index (χ3n) is 3.45. The van der Waals surface area contributed by atoms with Gasteiger partial charge < -0.3 is 9.84 Å². The van der Waals surface area contributed by atoms with Crippen LogP contribution in [0.4, 0.5) is 0 Å². The molecule has 1 unspecified atom stereocenters. The molecule has 0 saturated heterocycles. The van der Waals surface area contributed by atoms with E-state index >= 15 is 0 Å². The number of aliphatic carboxylic acids is 1. The number of rotatable bonds is 5. The predicted molar refractivity (Wildman–Crippen MR) is 86.7 cm³/mol. The molecular weight excluding hydrogens is 292 g/mol. The number of carboxylic acids is 1. The molecule has 0 aliphatic rings. The van der Waals surface area contributed by atoms with Gasteiger partial charge in [-0.15, -0.1) is 0 Å². The minimum absolute atomic E-state index is 0.527. The van der Waals surface area contributed by atoms with Gasteiger partial charge in [-0.3, -0.25) is 0 Å². The van der Waals surface area contributed by atoms with Crippen molar-refractivity contribution in [2.45, 2.75) is 13.0 Å². The van der Waals surface area contributed by atoms with E-state index in [1.165, 1.54) is 6.92 Å². The van der Waals surface area contributed by atoms with Crippen molar-refractivity contribution in [1.82, 2.24) is 9.78 Å². The van der Waals surface area contributed by atoms with Crippen LogP contribution in [0.15, 0.2) is 67.0 Å². The van der Waals surface area contributed by atoms with Crippen molar-refractivity contribution in [3.05, 3.63) is 67.0 Å². The van der Waals surface area contributed by atoms with E-state index in [1.54, 1.807) is 18.3 Å². The van der Waals surface area contributed by atoms with Crippen molar-refractivity contribution >= 4 is 5.97 Å². The van der Waals surface area contributed by atoms with Gasteiger partial charge in [-0.05, 0) is 36.8 Å². The fraction of sp³-hybridized carbons (Fsp3) is 0.111.